The number of ether oxygens (including phenoxy) is 1. The lowest BCUT2D eigenvalue weighted by molar-refractivity contribution is -0.145. The standard InChI is InChI=1S/C12H15NO2/c1-2-15-12(14)11-7-9-5-3-4-6-10(9)8-13-11/h3-6,11,13H,2,7-8H2,1H3. The highest BCUT2D eigenvalue weighted by Crippen LogP contribution is 2.16. The highest BCUT2D eigenvalue weighted by Gasteiger charge is 2.24. The van der Waals surface area contributed by atoms with E-state index in [1.165, 1.54) is 11.1 Å². The number of nitrogens with one attached hydrogen (secondary N) is 1. The van der Waals surface area contributed by atoms with Gasteiger partial charge >= 0.3 is 5.97 Å². The Morgan fingerprint density at radius 3 is 2.93 bits per heavy atom. The van der Waals surface area contributed by atoms with E-state index in [1.807, 2.05) is 19.1 Å². The number of carbonyl (C=O) groups is 1. The minimum Gasteiger partial charge on any atom is -0.465 e. The van der Waals surface area contributed by atoms with E-state index in [4.69, 9.17) is 4.74 Å². The minimum absolute atomic E-state index is 0.146. The van der Waals surface area contributed by atoms with Gasteiger partial charge in [0.2, 0.25) is 0 Å². The summed E-state index contributed by atoms with van der Waals surface area (Å²) < 4.78 is 4.99. The molecule has 1 atom stereocenters. The van der Waals surface area contributed by atoms with Crippen LogP contribution < -0.4 is 5.32 Å². The third kappa shape index (κ3) is 2.18. The van der Waals surface area contributed by atoms with Gasteiger partial charge in [-0.2, -0.15) is 0 Å². The van der Waals surface area contributed by atoms with Crippen LogP contribution in [0.4, 0.5) is 0 Å². The van der Waals surface area contributed by atoms with Crippen LogP contribution >= 0.6 is 0 Å². The molecule has 2 rings (SSSR count). The summed E-state index contributed by atoms with van der Waals surface area (Å²) in [5, 5.41) is 3.19. The van der Waals surface area contributed by atoms with Crippen molar-refractivity contribution in [1.29, 1.82) is 0 Å². The van der Waals surface area contributed by atoms with E-state index in [0.29, 0.717) is 6.61 Å². The summed E-state index contributed by atoms with van der Waals surface area (Å²) in [5.41, 5.74) is 2.52. The second kappa shape index (κ2) is 4.45. The second-order valence-electron chi connectivity index (χ2n) is 3.66. The van der Waals surface area contributed by atoms with Crippen LogP contribution in [-0.2, 0) is 22.5 Å². The van der Waals surface area contributed by atoms with Crippen LogP contribution in [-0.4, -0.2) is 18.6 Å². The monoisotopic (exact) mass is 205 g/mol. The molecule has 3 nitrogen and oxygen atoms in total. The molecule has 3 heteroatoms. The van der Waals surface area contributed by atoms with Gasteiger partial charge in [-0.25, -0.2) is 0 Å². The first-order valence-corrected chi connectivity index (χ1v) is 5.28. The van der Waals surface area contributed by atoms with Crippen molar-refractivity contribution >= 4 is 5.97 Å². The van der Waals surface area contributed by atoms with Crippen LogP contribution in [0.3, 0.4) is 0 Å². The van der Waals surface area contributed by atoms with E-state index in [-0.39, 0.29) is 12.0 Å². The van der Waals surface area contributed by atoms with Crippen LogP contribution in [0, 0.1) is 0 Å². The van der Waals surface area contributed by atoms with Crippen molar-refractivity contribution in [2.24, 2.45) is 0 Å². The van der Waals surface area contributed by atoms with Gasteiger partial charge in [-0.1, -0.05) is 24.3 Å². The molecule has 15 heavy (non-hydrogen) atoms. The van der Waals surface area contributed by atoms with Crippen molar-refractivity contribution in [3.8, 4) is 0 Å². The average Bonchev–Trinajstić information content (AvgIpc) is 2.29. The summed E-state index contributed by atoms with van der Waals surface area (Å²) in [6.45, 7) is 3.02. The molecule has 1 aliphatic heterocycles. The summed E-state index contributed by atoms with van der Waals surface area (Å²) in [6.07, 6.45) is 0.731. The fourth-order valence-electron chi connectivity index (χ4n) is 1.86. The van der Waals surface area contributed by atoms with Gasteiger partial charge in [0.25, 0.3) is 0 Å². The third-order valence-electron chi connectivity index (χ3n) is 2.65. The van der Waals surface area contributed by atoms with Crippen molar-refractivity contribution < 1.29 is 9.53 Å². The Kier molecular flexibility index (Phi) is 3.02. The molecule has 0 saturated carbocycles. The zero-order valence-corrected chi connectivity index (χ0v) is 8.82. The third-order valence-corrected chi connectivity index (χ3v) is 2.65. The summed E-state index contributed by atoms with van der Waals surface area (Å²) in [5.74, 6) is -0.146. The summed E-state index contributed by atoms with van der Waals surface area (Å²) in [4.78, 5) is 11.5. The van der Waals surface area contributed by atoms with E-state index in [0.717, 1.165) is 13.0 Å². The zero-order valence-electron chi connectivity index (χ0n) is 8.82. The van der Waals surface area contributed by atoms with E-state index < -0.39 is 0 Å². The Labute approximate surface area is 89.4 Å². The van der Waals surface area contributed by atoms with Gasteiger partial charge < -0.3 is 10.1 Å². The molecule has 1 aromatic rings. The lowest BCUT2D eigenvalue weighted by Crippen LogP contribution is -2.42. The van der Waals surface area contributed by atoms with Crippen molar-refractivity contribution in [2.45, 2.75) is 25.9 Å². The molecular formula is C12H15NO2. The highest BCUT2D eigenvalue weighted by atomic mass is 16.5. The number of fused-ring (bicyclic) bond motifs is 1. The first-order chi connectivity index (χ1) is 7.31. The number of esters is 1. The van der Waals surface area contributed by atoms with Crippen molar-refractivity contribution in [1.82, 2.24) is 5.32 Å². The number of carbonyl (C=O) groups excluding carboxylic acids is 1. The molecule has 1 aromatic carbocycles. The predicted molar refractivity (Wildman–Crippen MR) is 57.4 cm³/mol. The normalized spacial score (nSPS) is 19.4. The van der Waals surface area contributed by atoms with Gasteiger partial charge in [0.15, 0.2) is 0 Å². The lowest BCUT2D eigenvalue weighted by Gasteiger charge is -2.24. The Morgan fingerprint density at radius 2 is 2.20 bits per heavy atom. The molecular weight excluding hydrogens is 190 g/mol. The van der Waals surface area contributed by atoms with Gasteiger partial charge in [-0.3, -0.25) is 4.79 Å². The maximum Gasteiger partial charge on any atom is 0.323 e. The van der Waals surface area contributed by atoms with Gasteiger partial charge in [-0.15, -0.1) is 0 Å². The molecule has 1 N–H and O–H groups in total. The van der Waals surface area contributed by atoms with Crippen molar-refractivity contribution in [2.75, 3.05) is 6.61 Å². The summed E-state index contributed by atoms with van der Waals surface area (Å²) >= 11 is 0. The summed E-state index contributed by atoms with van der Waals surface area (Å²) in [6, 6.07) is 8.00. The first kappa shape index (κ1) is 10.2. The van der Waals surface area contributed by atoms with Crippen molar-refractivity contribution in [3.05, 3.63) is 35.4 Å². The first-order valence-electron chi connectivity index (χ1n) is 5.28. The summed E-state index contributed by atoms with van der Waals surface area (Å²) in [7, 11) is 0. The molecule has 0 spiro atoms. The number of rotatable bonds is 2. The van der Waals surface area contributed by atoms with Crippen LogP contribution in [0.5, 0.6) is 0 Å². The fourth-order valence-corrected chi connectivity index (χ4v) is 1.86. The minimum atomic E-state index is -0.181. The fraction of sp³-hybridized carbons (Fsp3) is 0.417. The predicted octanol–water partition coefficient (Wildman–Crippen LogP) is 1.26. The molecule has 0 amide bonds. The van der Waals surface area contributed by atoms with E-state index in [9.17, 15) is 4.79 Å². The molecule has 0 aliphatic carbocycles. The molecule has 0 radical (unpaired) electrons. The SMILES string of the molecule is CCOC(=O)C1Cc2ccccc2CN1. The smallest absolute Gasteiger partial charge is 0.323 e. The Bertz CT molecular complexity index is 362. The average molecular weight is 205 g/mol. The topological polar surface area (TPSA) is 38.3 Å². The van der Waals surface area contributed by atoms with Gasteiger partial charge in [0, 0.05) is 6.54 Å². The molecule has 0 saturated heterocycles. The number of benzene rings is 1. The highest BCUT2D eigenvalue weighted by molar-refractivity contribution is 5.76. The number of hydrogen-bond donors (Lipinski definition) is 1. The Balaban J connectivity index is 2.08. The van der Waals surface area contributed by atoms with Crippen LogP contribution in [0.1, 0.15) is 18.1 Å². The molecule has 1 heterocycles. The zero-order chi connectivity index (χ0) is 10.7. The quantitative estimate of drug-likeness (QED) is 0.739. The maximum atomic E-state index is 11.5. The number of hydrogen-bond acceptors (Lipinski definition) is 3. The Morgan fingerprint density at radius 1 is 1.47 bits per heavy atom. The molecule has 0 fully saturated rings. The van der Waals surface area contributed by atoms with E-state index in [2.05, 4.69) is 17.4 Å². The molecule has 0 bridgehead atoms. The van der Waals surface area contributed by atoms with Gasteiger partial charge in [-0.05, 0) is 24.5 Å². The van der Waals surface area contributed by atoms with Gasteiger partial charge in [0.05, 0.1) is 6.61 Å². The van der Waals surface area contributed by atoms with Gasteiger partial charge in [0.1, 0.15) is 6.04 Å². The van der Waals surface area contributed by atoms with Crippen LogP contribution in [0.2, 0.25) is 0 Å². The van der Waals surface area contributed by atoms with Crippen molar-refractivity contribution in [3.63, 3.8) is 0 Å². The molecule has 1 aliphatic rings. The Hall–Kier alpha value is -1.35. The molecule has 1 unspecified atom stereocenters. The van der Waals surface area contributed by atoms with Crippen LogP contribution in [0.25, 0.3) is 0 Å². The molecule has 80 valence electrons. The van der Waals surface area contributed by atoms with Crippen LogP contribution in [0.15, 0.2) is 24.3 Å². The van der Waals surface area contributed by atoms with E-state index >= 15 is 0 Å². The second-order valence-corrected chi connectivity index (χ2v) is 3.66. The van der Waals surface area contributed by atoms with E-state index in [1.54, 1.807) is 0 Å². The maximum absolute atomic E-state index is 11.5. The largest absolute Gasteiger partial charge is 0.465 e. The lowest BCUT2D eigenvalue weighted by atomic mass is 9.96. The molecule has 0 aromatic heterocycles.